The Morgan fingerprint density at radius 2 is 1.59 bits per heavy atom. The molecule has 0 aliphatic carbocycles. The highest BCUT2D eigenvalue weighted by Gasteiger charge is 2.23. The molecule has 0 fully saturated rings. The molecule has 0 saturated heterocycles. The molecule has 0 unspecified atom stereocenters. The van der Waals surface area contributed by atoms with Crippen LogP contribution in [0.15, 0.2) is 29.6 Å². The number of amidine groups is 1. The number of hydrazone groups is 1. The minimum atomic E-state index is 0.897. The first-order chi connectivity index (χ1) is 7.91. The molecule has 1 heterocycles. The van der Waals surface area contributed by atoms with Crippen molar-refractivity contribution in [2.75, 3.05) is 12.1 Å². The van der Waals surface area contributed by atoms with Gasteiger partial charge in [0.2, 0.25) is 0 Å². The van der Waals surface area contributed by atoms with E-state index in [2.05, 4.69) is 44.6 Å². The number of nitrogens with zero attached hydrogens (tertiary/aromatic N) is 3. The summed E-state index contributed by atoms with van der Waals surface area (Å²) < 4.78 is 0. The Labute approximate surface area is 103 Å². The molecule has 1 aliphatic heterocycles. The second-order valence-corrected chi connectivity index (χ2v) is 4.66. The lowest BCUT2D eigenvalue weighted by atomic mass is 10.0. The molecule has 17 heavy (non-hydrogen) atoms. The SMILES string of the molecule is C=C1N(C)C(C)=NN1c1cc(C)c(C)cc1C. The van der Waals surface area contributed by atoms with Gasteiger partial charge in [0.05, 0.1) is 5.69 Å². The maximum Gasteiger partial charge on any atom is 0.128 e. The van der Waals surface area contributed by atoms with Gasteiger partial charge in [-0.05, 0) is 50.5 Å². The Hall–Kier alpha value is -1.77. The third-order valence-corrected chi connectivity index (χ3v) is 3.40. The average Bonchev–Trinajstić information content (AvgIpc) is 2.51. The van der Waals surface area contributed by atoms with Crippen LogP contribution in [0, 0.1) is 20.8 Å². The highest BCUT2D eigenvalue weighted by molar-refractivity contribution is 5.86. The average molecular weight is 229 g/mol. The first-order valence-corrected chi connectivity index (χ1v) is 5.77. The molecule has 3 nitrogen and oxygen atoms in total. The second-order valence-electron chi connectivity index (χ2n) is 4.66. The summed E-state index contributed by atoms with van der Waals surface area (Å²) in [5.41, 5.74) is 4.92. The van der Waals surface area contributed by atoms with E-state index >= 15 is 0 Å². The van der Waals surface area contributed by atoms with Crippen molar-refractivity contribution in [3.8, 4) is 0 Å². The van der Waals surface area contributed by atoms with Crippen molar-refractivity contribution in [3.05, 3.63) is 41.2 Å². The number of rotatable bonds is 1. The molecule has 0 radical (unpaired) electrons. The van der Waals surface area contributed by atoms with Crippen LogP contribution in [0.4, 0.5) is 5.69 Å². The Morgan fingerprint density at radius 3 is 2.12 bits per heavy atom. The van der Waals surface area contributed by atoms with E-state index in [1.807, 2.05) is 23.9 Å². The summed E-state index contributed by atoms with van der Waals surface area (Å²) in [7, 11) is 1.98. The minimum absolute atomic E-state index is 0.897. The van der Waals surface area contributed by atoms with Gasteiger partial charge >= 0.3 is 0 Å². The van der Waals surface area contributed by atoms with Crippen molar-refractivity contribution < 1.29 is 0 Å². The van der Waals surface area contributed by atoms with Gasteiger partial charge in [-0.1, -0.05) is 12.6 Å². The monoisotopic (exact) mass is 229 g/mol. The summed E-state index contributed by atoms with van der Waals surface area (Å²) in [5, 5.41) is 6.44. The maximum atomic E-state index is 4.53. The summed E-state index contributed by atoms with van der Waals surface area (Å²) in [5.74, 6) is 1.86. The molecule has 1 aromatic rings. The van der Waals surface area contributed by atoms with Gasteiger partial charge in [0.25, 0.3) is 0 Å². The lowest BCUT2D eigenvalue weighted by molar-refractivity contribution is 0.638. The van der Waals surface area contributed by atoms with Crippen molar-refractivity contribution >= 4 is 11.5 Å². The molecule has 0 aromatic heterocycles. The fourth-order valence-corrected chi connectivity index (χ4v) is 1.96. The lowest BCUT2D eigenvalue weighted by Gasteiger charge is -2.21. The predicted octanol–water partition coefficient (Wildman–Crippen LogP) is 3.17. The topological polar surface area (TPSA) is 18.8 Å². The van der Waals surface area contributed by atoms with Crippen LogP contribution in [-0.4, -0.2) is 17.8 Å². The Morgan fingerprint density at radius 1 is 1.00 bits per heavy atom. The molecule has 3 heteroatoms. The zero-order valence-corrected chi connectivity index (χ0v) is 11.2. The summed E-state index contributed by atoms with van der Waals surface area (Å²) in [4.78, 5) is 1.99. The van der Waals surface area contributed by atoms with E-state index in [0.717, 1.165) is 17.3 Å². The van der Waals surface area contributed by atoms with Gasteiger partial charge in [-0.3, -0.25) is 0 Å². The molecule has 0 bridgehead atoms. The fourth-order valence-electron chi connectivity index (χ4n) is 1.96. The fraction of sp³-hybridized carbons (Fsp3) is 0.357. The van der Waals surface area contributed by atoms with E-state index in [-0.39, 0.29) is 0 Å². The van der Waals surface area contributed by atoms with Crippen molar-refractivity contribution in [1.29, 1.82) is 0 Å². The summed E-state index contributed by atoms with van der Waals surface area (Å²) >= 11 is 0. The zero-order chi connectivity index (χ0) is 12.7. The molecule has 0 N–H and O–H groups in total. The highest BCUT2D eigenvalue weighted by atomic mass is 15.6. The molecule has 1 aliphatic rings. The van der Waals surface area contributed by atoms with Gasteiger partial charge in [0.15, 0.2) is 0 Å². The molecule has 0 saturated carbocycles. The molecular weight excluding hydrogens is 210 g/mol. The molecule has 0 atom stereocenters. The molecule has 1 aromatic carbocycles. The number of hydrogen-bond donors (Lipinski definition) is 0. The number of anilines is 1. The smallest absolute Gasteiger partial charge is 0.128 e. The van der Waals surface area contributed by atoms with Crippen LogP contribution in [-0.2, 0) is 0 Å². The van der Waals surface area contributed by atoms with Crippen LogP contribution in [0.25, 0.3) is 0 Å². The molecule has 0 amide bonds. The standard InChI is InChI=1S/C14H19N3/c1-9-7-11(3)14(8-10(9)2)17-13(5)16(6)12(4)15-17/h7-8H,5H2,1-4,6H3. The van der Waals surface area contributed by atoms with Gasteiger partial charge < -0.3 is 4.90 Å². The zero-order valence-electron chi connectivity index (χ0n) is 11.2. The van der Waals surface area contributed by atoms with Crippen LogP contribution in [0.1, 0.15) is 23.6 Å². The van der Waals surface area contributed by atoms with Crippen molar-refractivity contribution in [2.24, 2.45) is 5.10 Å². The van der Waals surface area contributed by atoms with E-state index in [9.17, 15) is 0 Å². The normalized spacial score (nSPS) is 15.6. The van der Waals surface area contributed by atoms with E-state index in [1.54, 1.807) is 0 Å². The number of benzene rings is 1. The van der Waals surface area contributed by atoms with Gasteiger partial charge in [-0.25, -0.2) is 5.01 Å². The molecule has 2 rings (SSSR count). The molecule has 90 valence electrons. The van der Waals surface area contributed by atoms with Gasteiger partial charge in [-0.2, -0.15) is 5.10 Å². The van der Waals surface area contributed by atoms with Crippen molar-refractivity contribution in [2.45, 2.75) is 27.7 Å². The van der Waals surface area contributed by atoms with Crippen LogP contribution < -0.4 is 5.01 Å². The summed E-state index contributed by atoms with van der Waals surface area (Å²) in [6.45, 7) is 12.4. The highest BCUT2D eigenvalue weighted by Crippen LogP contribution is 2.30. The Balaban J connectivity index is 2.49. The van der Waals surface area contributed by atoms with Crippen LogP contribution in [0.3, 0.4) is 0 Å². The summed E-state index contributed by atoms with van der Waals surface area (Å²) in [6, 6.07) is 4.37. The Kier molecular flexibility index (Phi) is 2.69. The third-order valence-electron chi connectivity index (χ3n) is 3.40. The van der Waals surface area contributed by atoms with Crippen LogP contribution in [0.5, 0.6) is 0 Å². The largest absolute Gasteiger partial charge is 0.317 e. The molecular formula is C14H19N3. The Bertz CT molecular complexity index is 514. The predicted molar refractivity (Wildman–Crippen MR) is 73.1 cm³/mol. The van der Waals surface area contributed by atoms with Crippen LogP contribution in [0.2, 0.25) is 0 Å². The van der Waals surface area contributed by atoms with Gasteiger partial charge in [0.1, 0.15) is 11.7 Å². The second kappa shape index (κ2) is 3.91. The third kappa shape index (κ3) is 1.82. The van der Waals surface area contributed by atoms with Crippen LogP contribution >= 0.6 is 0 Å². The van der Waals surface area contributed by atoms with E-state index in [0.29, 0.717) is 0 Å². The van der Waals surface area contributed by atoms with Crippen molar-refractivity contribution in [1.82, 2.24) is 4.90 Å². The molecule has 0 spiro atoms. The van der Waals surface area contributed by atoms with Gasteiger partial charge in [-0.15, -0.1) is 0 Å². The first kappa shape index (κ1) is 11.7. The van der Waals surface area contributed by atoms with E-state index in [4.69, 9.17) is 0 Å². The van der Waals surface area contributed by atoms with Gasteiger partial charge in [0, 0.05) is 7.05 Å². The maximum absolute atomic E-state index is 4.53. The first-order valence-electron chi connectivity index (χ1n) is 5.77. The lowest BCUT2D eigenvalue weighted by Crippen LogP contribution is -2.22. The minimum Gasteiger partial charge on any atom is -0.317 e. The summed E-state index contributed by atoms with van der Waals surface area (Å²) in [6.07, 6.45) is 0. The van der Waals surface area contributed by atoms with E-state index < -0.39 is 0 Å². The number of hydrogen-bond acceptors (Lipinski definition) is 3. The van der Waals surface area contributed by atoms with E-state index in [1.165, 1.54) is 16.7 Å². The van der Waals surface area contributed by atoms with Crippen molar-refractivity contribution in [3.63, 3.8) is 0 Å². The quantitative estimate of drug-likeness (QED) is 0.736. The number of aryl methyl sites for hydroxylation is 3.